The smallest absolute Gasteiger partial charge is 0.123 e. The molecule has 0 radical (unpaired) electrons. The first-order valence-corrected chi connectivity index (χ1v) is 11.5. The fourth-order valence-electron chi connectivity index (χ4n) is 4.55. The number of hydrogen-bond acceptors (Lipinski definition) is 5. The van der Waals surface area contributed by atoms with Crippen LogP contribution in [0.4, 0.5) is 10.1 Å². The van der Waals surface area contributed by atoms with E-state index in [2.05, 4.69) is 41.3 Å². The summed E-state index contributed by atoms with van der Waals surface area (Å²) in [5, 5.41) is 9.62. The maximum Gasteiger partial charge on any atom is 0.123 e. The van der Waals surface area contributed by atoms with Gasteiger partial charge in [0.2, 0.25) is 0 Å². The third-order valence-corrected chi connectivity index (χ3v) is 7.53. The van der Waals surface area contributed by atoms with Crippen molar-refractivity contribution in [1.82, 2.24) is 4.31 Å². The third-order valence-electron chi connectivity index (χ3n) is 6.30. The topological polar surface area (TPSA) is 65.4 Å². The molecule has 1 saturated heterocycles. The van der Waals surface area contributed by atoms with E-state index in [4.69, 9.17) is 10.7 Å². The van der Waals surface area contributed by atoms with Crippen LogP contribution in [0.1, 0.15) is 25.7 Å². The summed E-state index contributed by atoms with van der Waals surface area (Å²) in [6.07, 6.45) is 13.6. The summed E-state index contributed by atoms with van der Waals surface area (Å²) in [4.78, 5) is 4.73. The predicted octanol–water partition coefficient (Wildman–Crippen LogP) is 5.46. The fraction of sp³-hybridized carbons (Fsp3) is 0.360. The molecule has 1 heterocycles. The normalized spacial score (nSPS) is 31.2. The molecule has 0 saturated carbocycles. The van der Waals surface area contributed by atoms with E-state index < -0.39 is 0 Å². The molecule has 0 aromatic heterocycles. The van der Waals surface area contributed by atoms with E-state index in [1.54, 1.807) is 18.3 Å². The number of allylic oxidation sites excluding steroid dienone is 3. The van der Waals surface area contributed by atoms with Crippen molar-refractivity contribution in [2.24, 2.45) is 22.1 Å². The SMILES string of the molecule is C=CC12CC(=CN)C(=Nc3ccc(F)cc3)C=C1CCN(SC1C=CCC(C#N)C1)C2. The Morgan fingerprint density at radius 2 is 2.16 bits per heavy atom. The van der Waals surface area contributed by atoms with Gasteiger partial charge in [-0.25, -0.2) is 13.7 Å². The summed E-state index contributed by atoms with van der Waals surface area (Å²) in [6.45, 7) is 5.97. The van der Waals surface area contributed by atoms with Crippen LogP contribution in [0.2, 0.25) is 0 Å². The maximum absolute atomic E-state index is 13.2. The lowest BCUT2D eigenvalue weighted by Crippen LogP contribution is -2.44. The van der Waals surface area contributed by atoms with Crippen molar-refractivity contribution in [2.45, 2.75) is 30.9 Å². The highest BCUT2D eigenvalue weighted by molar-refractivity contribution is 7.97. The van der Waals surface area contributed by atoms with Gasteiger partial charge in [0.1, 0.15) is 5.82 Å². The standard InChI is InChI=1S/C25H27FN4S/c1-2-25-14-19(16-28)24(29-22-8-6-21(26)7-9-22)13-20(25)10-11-30(17-25)31-23-5-3-4-18(12-23)15-27/h2-3,5-9,13,16,18,23H,1,4,10-12,14,17,28H2. The number of hydrogen-bond donors (Lipinski definition) is 1. The number of nitrogens with two attached hydrogens (primary N) is 1. The number of nitriles is 1. The van der Waals surface area contributed by atoms with Crippen molar-refractivity contribution in [3.05, 3.63) is 78.3 Å². The van der Waals surface area contributed by atoms with Crippen molar-refractivity contribution in [1.29, 1.82) is 5.26 Å². The molecular formula is C25H27FN4S. The summed E-state index contributed by atoms with van der Waals surface area (Å²) in [7, 11) is 0. The van der Waals surface area contributed by atoms with E-state index >= 15 is 0 Å². The van der Waals surface area contributed by atoms with E-state index in [1.807, 2.05) is 11.9 Å². The Balaban J connectivity index is 1.56. The first kappa shape index (κ1) is 21.6. The van der Waals surface area contributed by atoms with Gasteiger partial charge >= 0.3 is 0 Å². The van der Waals surface area contributed by atoms with Crippen molar-refractivity contribution >= 4 is 23.3 Å². The van der Waals surface area contributed by atoms with Crippen LogP contribution in [-0.2, 0) is 0 Å². The summed E-state index contributed by atoms with van der Waals surface area (Å²) >= 11 is 1.85. The molecule has 0 bridgehead atoms. The van der Waals surface area contributed by atoms with Crippen LogP contribution >= 0.6 is 11.9 Å². The van der Waals surface area contributed by atoms with Crippen molar-refractivity contribution in [3.8, 4) is 6.07 Å². The Morgan fingerprint density at radius 1 is 1.35 bits per heavy atom. The van der Waals surface area contributed by atoms with E-state index in [9.17, 15) is 9.65 Å². The molecule has 3 unspecified atom stereocenters. The molecule has 1 aromatic rings. The van der Waals surface area contributed by atoms with Gasteiger partial charge in [-0.3, -0.25) is 0 Å². The average molecular weight is 435 g/mol. The lowest BCUT2D eigenvalue weighted by Gasteiger charge is -2.46. The fourth-order valence-corrected chi connectivity index (χ4v) is 5.93. The molecule has 3 atom stereocenters. The monoisotopic (exact) mass is 434 g/mol. The van der Waals surface area contributed by atoms with Crippen LogP contribution in [0, 0.1) is 28.5 Å². The molecule has 1 fully saturated rings. The highest BCUT2D eigenvalue weighted by Gasteiger charge is 2.41. The quantitative estimate of drug-likeness (QED) is 0.505. The van der Waals surface area contributed by atoms with Crippen LogP contribution in [0.5, 0.6) is 0 Å². The van der Waals surface area contributed by atoms with E-state index in [0.29, 0.717) is 10.9 Å². The molecule has 2 N–H and O–H groups in total. The minimum atomic E-state index is -0.273. The Kier molecular flexibility index (Phi) is 6.45. The zero-order chi connectivity index (χ0) is 21.8. The summed E-state index contributed by atoms with van der Waals surface area (Å²) < 4.78 is 15.7. The van der Waals surface area contributed by atoms with Crippen LogP contribution in [-0.4, -0.2) is 28.4 Å². The maximum atomic E-state index is 13.2. The highest BCUT2D eigenvalue weighted by Crippen LogP contribution is 2.47. The van der Waals surface area contributed by atoms with Crippen LogP contribution in [0.25, 0.3) is 0 Å². The molecule has 6 heteroatoms. The second-order valence-corrected chi connectivity index (χ2v) is 9.69. The largest absolute Gasteiger partial charge is 0.404 e. The number of rotatable bonds is 4. The van der Waals surface area contributed by atoms with Gasteiger partial charge in [-0.1, -0.05) is 35.7 Å². The molecule has 4 rings (SSSR count). The van der Waals surface area contributed by atoms with Gasteiger partial charge in [-0.05, 0) is 67.8 Å². The van der Waals surface area contributed by atoms with E-state index in [-0.39, 0.29) is 17.2 Å². The Hall–Kier alpha value is -2.62. The summed E-state index contributed by atoms with van der Waals surface area (Å²) in [6, 6.07) is 8.60. The first-order valence-electron chi connectivity index (χ1n) is 10.6. The van der Waals surface area contributed by atoms with Gasteiger partial charge in [0.15, 0.2) is 0 Å². The number of nitrogens with zero attached hydrogens (tertiary/aromatic N) is 3. The first-order chi connectivity index (χ1) is 15.0. The number of aliphatic imine (C=N–C) groups is 1. The van der Waals surface area contributed by atoms with Gasteiger partial charge < -0.3 is 5.73 Å². The van der Waals surface area contributed by atoms with Crippen LogP contribution < -0.4 is 5.73 Å². The summed E-state index contributed by atoms with van der Waals surface area (Å²) in [5.74, 6) is -0.159. The van der Waals surface area contributed by atoms with Crippen LogP contribution in [0.15, 0.2) is 77.5 Å². The van der Waals surface area contributed by atoms with E-state index in [0.717, 1.165) is 50.1 Å². The highest BCUT2D eigenvalue weighted by atomic mass is 32.2. The second-order valence-electron chi connectivity index (χ2n) is 8.35. The zero-order valence-electron chi connectivity index (χ0n) is 17.5. The lowest BCUT2D eigenvalue weighted by atomic mass is 9.67. The third kappa shape index (κ3) is 4.68. The minimum Gasteiger partial charge on any atom is -0.404 e. The number of benzene rings is 1. The zero-order valence-corrected chi connectivity index (χ0v) is 18.3. The average Bonchev–Trinajstić information content (AvgIpc) is 2.80. The number of piperidine rings is 1. The molecule has 160 valence electrons. The Labute approximate surface area is 187 Å². The Bertz CT molecular complexity index is 1000. The molecule has 0 spiro atoms. The summed E-state index contributed by atoms with van der Waals surface area (Å²) in [5.41, 5.74) is 9.67. The lowest BCUT2D eigenvalue weighted by molar-refractivity contribution is 0.277. The molecule has 1 aromatic carbocycles. The molecule has 31 heavy (non-hydrogen) atoms. The van der Waals surface area contributed by atoms with Gasteiger partial charge in [0, 0.05) is 23.8 Å². The molecule has 0 amide bonds. The predicted molar refractivity (Wildman–Crippen MR) is 126 cm³/mol. The number of halogens is 1. The van der Waals surface area contributed by atoms with Gasteiger partial charge in [-0.2, -0.15) is 5.26 Å². The molecular weight excluding hydrogens is 407 g/mol. The molecule has 4 nitrogen and oxygen atoms in total. The molecule has 2 aliphatic carbocycles. The van der Waals surface area contributed by atoms with Crippen molar-refractivity contribution in [3.63, 3.8) is 0 Å². The van der Waals surface area contributed by atoms with Gasteiger partial charge in [0.25, 0.3) is 0 Å². The van der Waals surface area contributed by atoms with Crippen LogP contribution in [0.3, 0.4) is 0 Å². The van der Waals surface area contributed by atoms with Gasteiger partial charge in [-0.15, -0.1) is 6.58 Å². The second kappa shape index (κ2) is 9.25. The van der Waals surface area contributed by atoms with E-state index in [1.165, 1.54) is 17.7 Å². The number of fused-ring (bicyclic) bond motifs is 1. The molecule has 3 aliphatic rings. The Morgan fingerprint density at radius 3 is 2.87 bits per heavy atom. The van der Waals surface area contributed by atoms with Crippen molar-refractivity contribution in [2.75, 3.05) is 13.1 Å². The van der Waals surface area contributed by atoms with Crippen molar-refractivity contribution < 1.29 is 4.39 Å². The minimum absolute atomic E-state index is 0.114. The van der Waals surface area contributed by atoms with Gasteiger partial charge in [0.05, 0.1) is 23.4 Å². The molecule has 1 aliphatic heterocycles.